The van der Waals surface area contributed by atoms with Crippen molar-refractivity contribution in [3.63, 3.8) is 0 Å². The molecule has 0 radical (unpaired) electrons. The third-order valence-electron chi connectivity index (χ3n) is 2.78. The van der Waals surface area contributed by atoms with E-state index in [2.05, 4.69) is 19.2 Å². The van der Waals surface area contributed by atoms with Crippen molar-refractivity contribution in [1.82, 2.24) is 0 Å². The largest absolute Gasteiger partial charge is 0.496 e. The molecule has 0 aliphatic rings. The molecule has 1 aromatic rings. The lowest BCUT2D eigenvalue weighted by molar-refractivity contribution is 0.163. The minimum absolute atomic E-state index is 0.266. The molecule has 17 heavy (non-hydrogen) atoms. The first kappa shape index (κ1) is 14.4. The van der Waals surface area contributed by atoms with Gasteiger partial charge in [-0.15, -0.1) is 0 Å². The maximum absolute atomic E-state index is 9.98. The quantitative estimate of drug-likeness (QED) is 0.758. The summed E-state index contributed by atoms with van der Waals surface area (Å²) >= 11 is 1.82. The molecule has 0 heterocycles. The second-order valence-electron chi connectivity index (χ2n) is 4.31. The summed E-state index contributed by atoms with van der Waals surface area (Å²) in [5.41, 5.74) is 2.31. The average Bonchev–Trinajstić information content (AvgIpc) is 2.29. The van der Waals surface area contributed by atoms with Crippen LogP contribution in [0.15, 0.2) is 18.2 Å². The molecule has 0 fully saturated rings. The van der Waals surface area contributed by atoms with E-state index < -0.39 is 0 Å². The van der Waals surface area contributed by atoms with E-state index in [-0.39, 0.29) is 6.10 Å². The van der Waals surface area contributed by atoms with Crippen LogP contribution in [0.5, 0.6) is 5.75 Å². The van der Waals surface area contributed by atoms with Crippen molar-refractivity contribution >= 4 is 11.8 Å². The third-order valence-corrected chi connectivity index (χ3v) is 3.47. The van der Waals surface area contributed by atoms with Crippen LogP contribution >= 0.6 is 11.8 Å². The van der Waals surface area contributed by atoms with Crippen molar-refractivity contribution in [2.75, 3.05) is 19.1 Å². The van der Waals surface area contributed by atoms with Crippen molar-refractivity contribution in [2.45, 2.75) is 32.3 Å². The molecule has 0 saturated carbocycles. The van der Waals surface area contributed by atoms with Gasteiger partial charge in [0.25, 0.3) is 0 Å². The van der Waals surface area contributed by atoms with E-state index in [0.717, 1.165) is 29.9 Å². The molecule has 1 atom stereocenters. The molecule has 1 N–H and O–H groups in total. The van der Waals surface area contributed by atoms with Gasteiger partial charge in [-0.1, -0.05) is 17.7 Å². The Bertz CT molecular complexity index is 339. The number of rotatable bonds is 7. The van der Waals surface area contributed by atoms with Gasteiger partial charge in [0.15, 0.2) is 0 Å². The molecule has 1 unspecified atom stereocenters. The van der Waals surface area contributed by atoms with Gasteiger partial charge in [-0.05, 0) is 43.4 Å². The van der Waals surface area contributed by atoms with E-state index in [4.69, 9.17) is 4.74 Å². The maximum atomic E-state index is 9.98. The second kappa shape index (κ2) is 7.62. The Balaban J connectivity index is 2.57. The molecular weight excluding hydrogens is 232 g/mol. The molecule has 0 aromatic heterocycles. The van der Waals surface area contributed by atoms with E-state index in [1.807, 2.05) is 23.9 Å². The molecule has 1 aromatic carbocycles. The van der Waals surface area contributed by atoms with Crippen LogP contribution in [0.2, 0.25) is 0 Å². The van der Waals surface area contributed by atoms with Crippen LogP contribution < -0.4 is 4.74 Å². The van der Waals surface area contributed by atoms with E-state index in [0.29, 0.717) is 6.42 Å². The van der Waals surface area contributed by atoms with Crippen LogP contribution in [0.3, 0.4) is 0 Å². The van der Waals surface area contributed by atoms with Crippen molar-refractivity contribution in [3.05, 3.63) is 29.3 Å². The van der Waals surface area contributed by atoms with Gasteiger partial charge in [-0.2, -0.15) is 11.8 Å². The van der Waals surface area contributed by atoms with Crippen LogP contribution in [-0.2, 0) is 6.42 Å². The molecule has 1 rings (SSSR count). The molecule has 0 aliphatic carbocycles. The summed E-state index contributed by atoms with van der Waals surface area (Å²) in [6.07, 6.45) is 4.43. The highest BCUT2D eigenvalue weighted by Crippen LogP contribution is 2.22. The predicted molar refractivity (Wildman–Crippen MR) is 75.1 cm³/mol. The van der Waals surface area contributed by atoms with Gasteiger partial charge in [-0.3, -0.25) is 0 Å². The Morgan fingerprint density at radius 3 is 2.82 bits per heavy atom. The highest BCUT2D eigenvalue weighted by molar-refractivity contribution is 7.98. The number of aryl methyl sites for hydroxylation is 1. The van der Waals surface area contributed by atoms with Crippen molar-refractivity contribution < 1.29 is 9.84 Å². The highest BCUT2D eigenvalue weighted by Gasteiger charge is 2.09. The van der Waals surface area contributed by atoms with Gasteiger partial charge >= 0.3 is 0 Å². The first-order valence-electron chi connectivity index (χ1n) is 5.98. The smallest absolute Gasteiger partial charge is 0.122 e. The van der Waals surface area contributed by atoms with Gasteiger partial charge in [0.1, 0.15) is 5.75 Å². The Labute approximate surface area is 108 Å². The first-order valence-corrected chi connectivity index (χ1v) is 7.37. The third kappa shape index (κ3) is 5.00. The zero-order chi connectivity index (χ0) is 12.7. The summed E-state index contributed by atoms with van der Waals surface area (Å²) in [6, 6.07) is 6.10. The van der Waals surface area contributed by atoms with Crippen LogP contribution in [0.25, 0.3) is 0 Å². The SMILES string of the molecule is COc1ccc(C)cc1CC(O)CCCSC. The Morgan fingerprint density at radius 2 is 2.18 bits per heavy atom. The number of aliphatic hydroxyl groups excluding tert-OH is 1. The molecule has 96 valence electrons. The lowest BCUT2D eigenvalue weighted by atomic mass is 10.0. The number of hydrogen-bond acceptors (Lipinski definition) is 3. The minimum Gasteiger partial charge on any atom is -0.496 e. The lowest BCUT2D eigenvalue weighted by Gasteiger charge is -2.14. The standard InChI is InChI=1S/C14H22O2S/c1-11-6-7-14(16-2)12(9-11)10-13(15)5-4-8-17-3/h6-7,9,13,15H,4-5,8,10H2,1-3H3. The molecule has 0 spiro atoms. The number of aliphatic hydroxyl groups is 1. The fourth-order valence-corrected chi connectivity index (χ4v) is 2.34. The summed E-state index contributed by atoms with van der Waals surface area (Å²) in [4.78, 5) is 0. The molecule has 0 saturated heterocycles. The number of methoxy groups -OCH3 is 1. The number of thioether (sulfide) groups is 1. The molecule has 2 nitrogen and oxygen atoms in total. The summed E-state index contributed by atoms with van der Waals surface area (Å²) in [7, 11) is 1.67. The van der Waals surface area contributed by atoms with Crippen molar-refractivity contribution in [2.24, 2.45) is 0 Å². The monoisotopic (exact) mass is 254 g/mol. The Hall–Kier alpha value is -0.670. The Morgan fingerprint density at radius 1 is 1.41 bits per heavy atom. The first-order chi connectivity index (χ1) is 8.17. The zero-order valence-corrected chi connectivity index (χ0v) is 11.7. The summed E-state index contributed by atoms with van der Waals surface area (Å²) < 4.78 is 5.31. The lowest BCUT2D eigenvalue weighted by Crippen LogP contribution is -2.11. The molecule has 0 amide bonds. The highest BCUT2D eigenvalue weighted by atomic mass is 32.2. The van der Waals surface area contributed by atoms with Crippen LogP contribution in [0.1, 0.15) is 24.0 Å². The van der Waals surface area contributed by atoms with Crippen molar-refractivity contribution in [1.29, 1.82) is 0 Å². The van der Waals surface area contributed by atoms with Crippen molar-refractivity contribution in [3.8, 4) is 5.75 Å². The maximum Gasteiger partial charge on any atom is 0.122 e. The number of benzene rings is 1. The second-order valence-corrected chi connectivity index (χ2v) is 5.29. The zero-order valence-electron chi connectivity index (χ0n) is 10.9. The van der Waals surface area contributed by atoms with E-state index in [1.54, 1.807) is 7.11 Å². The minimum atomic E-state index is -0.266. The average molecular weight is 254 g/mol. The van der Waals surface area contributed by atoms with E-state index in [1.165, 1.54) is 5.56 Å². The van der Waals surface area contributed by atoms with Gasteiger partial charge in [0.05, 0.1) is 13.2 Å². The van der Waals surface area contributed by atoms with E-state index in [9.17, 15) is 5.11 Å². The van der Waals surface area contributed by atoms with Crippen LogP contribution in [0.4, 0.5) is 0 Å². The summed E-state index contributed by atoms with van der Waals surface area (Å²) in [6.45, 7) is 2.06. The summed E-state index contributed by atoms with van der Waals surface area (Å²) in [5.74, 6) is 1.99. The van der Waals surface area contributed by atoms with Gasteiger partial charge in [0, 0.05) is 6.42 Å². The number of ether oxygens (including phenoxy) is 1. The van der Waals surface area contributed by atoms with Gasteiger partial charge in [0.2, 0.25) is 0 Å². The molecular formula is C14H22O2S. The molecule has 3 heteroatoms. The van der Waals surface area contributed by atoms with Gasteiger partial charge < -0.3 is 9.84 Å². The van der Waals surface area contributed by atoms with Crippen LogP contribution in [0, 0.1) is 6.92 Å². The normalized spacial score (nSPS) is 12.5. The Kier molecular flexibility index (Phi) is 6.45. The summed E-state index contributed by atoms with van der Waals surface area (Å²) in [5, 5.41) is 9.98. The molecule has 0 aliphatic heterocycles. The fraction of sp³-hybridized carbons (Fsp3) is 0.571. The topological polar surface area (TPSA) is 29.5 Å². The fourth-order valence-electron chi connectivity index (χ4n) is 1.89. The van der Waals surface area contributed by atoms with E-state index >= 15 is 0 Å². The predicted octanol–water partition coefficient (Wildman–Crippen LogP) is 3.05. The number of hydrogen-bond donors (Lipinski definition) is 1. The molecule has 0 bridgehead atoms. The van der Waals surface area contributed by atoms with Gasteiger partial charge in [-0.25, -0.2) is 0 Å². The van der Waals surface area contributed by atoms with Crippen LogP contribution in [-0.4, -0.2) is 30.3 Å².